The summed E-state index contributed by atoms with van der Waals surface area (Å²) in [5.41, 5.74) is 1.32. The van der Waals surface area contributed by atoms with Gasteiger partial charge in [-0.05, 0) is 30.3 Å². The summed E-state index contributed by atoms with van der Waals surface area (Å²) in [6.07, 6.45) is 1.27. The van der Waals surface area contributed by atoms with Crippen LogP contribution in [0, 0.1) is 0 Å². The van der Waals surface area contributed by atoms with E-state index in [1.54, 1.807) is 29.2 Å². The number of fused-ring (bicyclic) bond motifs is 1. The number of anilines is 1. The zero-order valence-electron chi connectivity index (χ0n) is 14.0. The molecule has 1 aliphatic heterocycles. The van der Waals surface area contributed by atoms with Crippen molar-refractivity contribution >= 4 is 34.2 Å². The number of benzene rings is 2. The van der Waals surface area contributed by atoms with E-state index in [-0.39, 0.29) is 16.9 Å². The minimum absolute atomic E-state index is 0.0832. The minimum atomic E-state index is -0.283. The topological polar surface area (TPSA) is 53.8 Å². The predicted molar refractivity (Wildman–Crippen MR) is 102 cm³/mol. The summed E-state index contributed by atoms with van der Waals surface area (Å²) in [6, 6.07) is 14.6. The number of carbonyl (C=O) groups is 1. The average Bonchev–Trinajstić information content (AvgIpc) is 2.68. The van der Waals surface area contributed by atoms with Gasteiger partial charge in [-0.15, -0.1) is 0 Å². The predicted octanol–water partition coefficient (Wildman–Crippen LogP) is 3.41. The first kappa shape index (κ1) is 16.7. The molecule has 0 unspecified atom stereocenters. The van der Waals surface area contributed by atoms with Crippen molar-refractivity contribution in [2.75, 3.05) is 31.1 Å². The molecule has 132 valence electrons. The van der Waals surface area contributed by atoms with E-state index in [1.165, 1.54) is 6.26 Å². The van der Waals surface area contributed by atoms with Crippen molar-refractivity contribution in [2.24, 2.45) is 0 Å². The van der Waals surface area contributed by atoms with Crippen molar-refractivity contribution < 1.29 is 9.21 Å². The quantitative estimate of drug-likeness (QED) is 0.695. The summed E-state index contributed by atoms with van der Waals surface area (Å²) in [7, 11) is 0. The lowest BCUT2D eigenvalue weighted by Gasteiger charge is -2.36. The summed E-state index contributed by atoms with van der Waals surface area (Å²) in [6.45, 7) is 2.45. The Morgan fingerprint density at radius 1 is 1.00 bits per heavy atom. The first-order valence-electron chi connectivity index (χ1n) is 8.44. The van der Waals surface area contributed by atoms with Crippen LogP contribution in [0.5, 0.6) is 0 Å². The second-order valence-electron chi connectivity index (χ2n) is 6.23. The number of piperazine rings is 1. The highest BCUT2D eigenvalue weighted by Crippen LogP contribution is 2.21. The summed E-state index contributed by atoms with van der Waals surface area (Å²) in [5, 5.41) is 1.12. The number of hydrogen-bond acceptors (Lipinski definition) is 4. The van der Waals surface area contributed by atoms with Crippen LogP contribution in [0.2, 0.25) is 5.02 Å². The first-order valence-corrected chi connectivity index (χ1v) is 8.81. The molecule has 0 spiro atoms. The summed E-state index contributed by atoms with van der Waals surface area (Å²) in [5.74, 6) is -0.282. The van der Waals surface area contributed by atoms with E-state index in [4.69, 9.17) is 16.0 Å². The van der Waals surface area contributed by atoms with Crippen LogP contribution in [-0.2, 0) is 0 Å². The van der Waals surface area contributed by atoms with Gasteiger partial charge in [-0.25, -0.2) is 0 Å². The number of rotatable bonds is 2. The maximum atomic E-state index is 12.8. The molecule has 0 radical (unpaired) electrons. The standard InChI is InChI=1S/C20H17ClN2O3/c21-14-4-3-5-15(12-14)22-8-10-23(11-9-22)20(25)17-13-26-18-7-2-1-6-16(18)19(17)24/h1-7,12-13H,8-11H2. The van der Waals surface area contributed by atoms with E-state index in [1.807, 2.05) is 24.3 Å². The number of halogens is 1. The van der Waals surface area contributed by atoms with E-state index < -0.39 is 0 Å². The van der Waals surface area contributed by atoms with Gasteiger partial charge in [0.2, 0.25) is 5.43 Å². The molecule has 0 atom stereocenters. The van der Waals surface area contributed by atoms with Crippen LogP contribution in [-0.4, -0.2) is 37.0 Å². The highest BCUT2D eigenvalue weighted by Gasteiger charge is 2.25. The maximum Gasteiger partial charge on any atom is 0.261 e. The minimum Gasteiger partial charge on any atom is -0.463 e. The molecular weight excluding hydrogens is 352 g/mol. The summed E-state index contributed by atoms with van der Waals surface area (Å²) >= 11 is 6.05. The zero-order valence-corrected chi connectivity index (χ0v) is 14.8. The van der Waals surface area contributed by atoms with Crippen LogP contribution < -0.4 is 10.3 Å². The van der Waals surface area contributed by atoms with Crippen molar-refractivity contribution in [2.45, 2.75) is 0 Å². The van der Waals surface area contributed by atoms with Gasteiger partial charge < -0.3 is 14.2 Å². The molecule has 0 bridgehead atoms. The third kappa shape index (κ3) is 3.06. The van der Waals surface area contributed by atoms with E-state index in [9.17, 15) is 9.59 Å². The molecule has 2 heterocycles. The SMILES string of the molecule is O=C(c1coc2ccccc2c1=O)N1CCN(c2cccc(Cl)c2)CC1. The Hall–Kier alpha value is -2.79. The lowest BCUT2D eigenvalue weighted by atomic mass is 10.1. The lowest BCUT2D eigenvalue weighted by molar-refractivity contribution is 0.0743. The molecule has 1 amide bonds. The molecule has 4 rings (SSSR count). The molecule has 26 heavy (non-hydrogen) atoms. The van der Waals surface area contributed by atoms with Crippen molar-refractivity contribution in [3.8, 4) is 0 Å². The summed E-state index contributed by atoms with van der Waals surface area (Å²) < 4.78 is 5.47. The molecule has 0 N–H and O–H groups in total. The second-order valence-corrected chi connectivity index (χ2v) is 6.67. The Kier molecular flexibility index (Phi) is 4.39. The lowest BCUT2D eigenvalue weighted by Crippen LogP contribution is -2.49. The van der Waals surface area contributed by atoms with Crippen LogP contribution in [0.15, 0.2) is 64.0 Å². The van der Waals surface area contributed by atoms with Gasteiger partial charge in [0.1, 0.15) is 17.4 Å². The van der Waals surface area contributed by atoms with E-state index in [0.29, 0.717) is 42.2 Å². The molecule has 5 nitrogen and oxygen atoms in total. The van der Waals surface area contributed by atoms with Crippen LogP contribution >= 0.6 is 11.6 Å². The Balaban J connectivity index is 1.52. The molecule has 0 saturated carbocycles. The van der Waals surface area contributed by atoms with E-state index >= 15 is 0 Å². The largest absolute Gasteiger partial charge is 0.463 e. The number of nitrogens with zero attached hydrogens (tertiary/aromatic N) is 2. The van der Waals surface area contributed by atoms with Crippen LogP contribution in [0.1, 0.15) is 10.4 Å². The van der Waals surface area contributed by atoms with Crippen molar-refractivity contribution in [1.29, 1.82) is 0 Å². The highest BCUT2D eigenvalue weighted by atomic mass is 35.5. The fourth-order valence-electron chi connectivity index (χ4n) is 3.24. The third-order valence-corrected chi connectivity index (χ3v) is 4.89. The average molecular weight is 369 g/mol. The molecule has 1 aliphatic rings. The van der Waals surface area contributed by atoms with Crippen molar-refractivity contribution in [3.05, 3.63) is 75.6 Å². The molecule has 1 aromatic heterocycles. The molecule has 2 aromatic carbocycles. The van der Waals surface area contributed by atoms with Gasteiger partial charge in [0.25, 0.3) is 5.91 Å². The second kappa shape index (κ2) is 6.84. The van der Waals surface area contributed by atoms with Crippen molar-refractivity contribution in [1.82, 2.24) is 4.90 Å². The van der Waals surface area contributed by atoms with Gasteiger partial charge >= 0.3 is 0 Å². The smallest absolute Gasteiger partial charge is 0.261 e. The van der Waals surface area contributed by atoms with Crippen LogP contribution in [0.25, 0.3) is 11.0 Å². The maximum absolute atomic E-state index is 12.8. The van der Waals surface area contributed by atoms with Gasteiger partial charge in [-0.2, -0.15) is 0 Å². The van der Waals surface area contributed by atoms with Gasteiger partial charge in [0.05, 0.1) is 5.39 Å². The van der Waals surface area contributed by atoms with E-state index in [0.717, 1.165) is 5.69 Å². The number of carbonyl (C=O) groups excluding carboxylic acids is 1. The van der Waals surface area contributed by atoms with E-state index in [2.05, 4.69) is 4.90 Å². The molecular formula is C20H17ClN2O3. The Morgan fingerprint density at radius 2 is 1.77 bits per heavy atom. The fourth-order valence-corrected chi connectivity index (χ4v) is 3.42. The van der Waals surface area contributed by atoms with Crippen LogP contribution in [0.4, 0.5) is 5.69 Å². The summed E-state index contributed by atoms with van der Waals surface area (Å²) in [4.78, 5) is 29.3. The highest BCUT2D eigenvalue weighted by molar-refractivity contribution is 6.30. The Labute approximate surface area is 155 Å². The fraction of sp³-hybridized carbons (Fsp3) is 0.200. The normalized spacial score (nSPS) is 14.7. The van der Waals surface area contributed by atoms with Crippen LogP contribution in [0.3, 0.4) is 0 Å². The van der Waals surface area contributed by atoms with Gasteiger partial charge in [-0.1, -0.05) is 29.8 Å². The van der Waals surface area contributed by atoms with Gasteiger partial charge in [0.15, 0.2) is 0 Å². The van der Waals surface area contributed by atoms with Gasteiger partial charge in [0, 0.05) is 36.9 Å². The van der Waals surface area contributed by atoms with Gasteiger partial charge in [-0.3, -0.25) is 9.59 Å². The first-order chi connectivity index (χ1) is 12.6. The van der Waals surface area contributed by atoms with Crippen molar-refractivity contribution in [3.63, 3.8) is 0 Å². The number of hydrogen-bond donors (Lipinski definition) is 0. The Bertz CT molecular complexity index is 1020. The number of para-hydroxylation sites is 1. The molecule has 0 aliphatic carbocycles. The number of amides is 1. The third-order valence-electron chi connectivity index (χ3n) is 4.65. The monoisotopic (exact) mass is 368 g/mol. The molecule has 6 heteroatoms. The molecule has 1 fully saturated rings. The molecule has 1 saturated heterocycles. The zero-order chi connectivity index (χ0) is 18.1. The molecule has 3 aromatic rings. The Morgan fingerprint density at radius 3 is 2.54 bits per heavy atom.